The molecule has 0 aliphatic carbocycles. The number of hydrogen-bond acceptors (Lipinski definition) is 10. The van der Waals surface area contributed by atoms with Crippen LogP contribution in [0.2, 0.25) is 0 Å². The number of nitrogens with one attached hydrogen (secondary N) is 2. The second-order valence-electron chi connectivity index (χ2n) is 12.5. The van der Waals surface area contributed by atoms with Crippen LogP contribution in [0.3, 0.4) is 0 Å². The standard InChI is InChI=1S/C12H21NO3.C9H19NO4S.C8H17O6P/c1-6-12(4,5)11(15)13-7-8-16-10(14)9(2)3;1-5-7(2)8(11)10-9(3,4)6-15(12,13)14;1-4-8(2,3)7(9)13-5-6-14-15(10,11)12/h2,6-8H2,1,3-5H3,(H,13,15);7H,5-6H2,1-4H3,(H,10,11)(H,12,13,14);4-6H2,1-3H3,(H2,10,11,12). The summed E-state index contributed by atoms with van der Waals surface area (Å²) in [7, 11) is -8.54. The summed E-state index contributed by atoms with van der Waals surface area (Å²) >= 11 is 0. The van der Waals surface area contributed by atoms with Crippen LogP contribution >= 0.6 is 7.82 Å². The smallest absolute Gasteiger partial charge is 0.463 e. The van der Waals surface area contributed by atoms with Crippen molar-refractivity contribution in [2.75, 3.05) is 32.1 Å². The average molecular weight is 705 g/mol. The first kappa shape index (κ1) is 48.0. The topological polar surface area (TPSA) is 232 Å². The van der Waals surface area contributed by atoms with E-state index in [0.29, 0.717) is 25.0 Å². The van der Waals surface area contributed by atoms with Crippen LogP contribution in [-0.4, -0.2) is 84.2 Å². The maximum absolute atomic E-state index is 11.6. The van der Waals surface area contributed by atoms with Crippen LogP contribution in [0.5, 0.6) is 0 Å². The van der Waals surface area contributed by atoms with Crippen molar-refractivity contribution in [3.8, 4) is 0 Å². The van der Waals surface area contributed by atoms with Crippen molar-refractivity contribution in [3.05, 3.63) is 12.2 Å². The highest BCUT2D eigenvalue weighted by Gasteiger charge is 2.29. The number of carbonyl (C=O) groups is 4. The molecule has 15 nitrogen and oxygen atoms in total. The van der Waals surface area contributed by atoms with Gasteiger partial charge in [-0.15, -0.1) is 0 Å². The molecule has 0 saturated heterocycles. The lowest BCUT2D eigenvalue weighted by Crippen LogP contribution is -2.49. The molecule has 0 aromatic rings. The molecule has 0 radical (unpaired) electrons. The highest BCUT2D eigenvalue weighted by molar-refractivity contribution is 7.85. The molecule has 5 N–H and O–H groups in total. The highest BCUT2D eigenvalue weighted by Crippen LogP contribution is 2.35. The normalized spacial score (nSPS) is 12.7. The van der Waals surface area contributed by atoms with Gasteiger partial charge < -0.3 is 29.9 Å². The van der Waals surface area contributed by atoms with Gasteiger partial charge in [0.15, 0.2) is 0 Å². The summed E-state index contributed by atoms with van der Waals surface area (Å²) in [6, 6.07) is 0. The predicted molar refractivity (Wildman–Crippen MR) is 174 cm³/mol. The van der Waals surface area contributed by atoms with E-state index < -0.39 is 46.6 Å². The lowest BCUT2D eigenvalue weighted by molar-refractivity contribution is -0.155. The molecule has 0 rings (SSSR count). The SMILES string of the molecule is C=C(C)C(=O)OCCNC(=O)C(C)(C)CC.CCC(C)(C)C(=O)OCCOP(=O)(O)O.CCC(C)C(=O)NC(C)(C)CS(=O)(=O)O. The fourth-order valence-electron chi connectivity index (χ4n) is 2.60. The van der Waals surface area contributed by atoms with E-state index in [1.165, 1.54) is 0 Å². The Kier molecular flexibility index (Phi) is 22.5. The maximum Gasteiger partial charge on any atom is 0.469 e. The molecule has 0 aromatic heterocycles. The van der Waals surface area contributed by atoms with Gasteiger partial charge in [-0.25, -0.2) is 9.36 Å². The van der Waals surface area contributed by atoms with Crippen molar-refractivity contribution >= 4 is 41.7 Å². The Bertz CT molecular complexity index is 1150. The minimum Gasteiger partial charge on any atom is -0.463 e. The molecule has 0 bridgehead atoms. The van der Waals surface area contributed by atoms with E-state index in [1.54, 1.807) is 41.5 Å². The molecule has 1 unspecified atom stereocenters. The first-order chi connectivity index (χ1) is 20.6. The van der Waals surface area contributed by atoms with Crippen molar-refractivity contribution in [2.24, 2.45) is 16.7 Å². The summed E-state index contributed by atoms with van der Waals surface area (Å²) in [5.74, 6) is -1.70. The molecule has 0 aliphatic rings. The minimum absolute atomic E-state index is 0.0265. The van der Waals surface area contributed by atoms with Crippen LogP contribution in [0.4, 0.5) is 0 Å². The van der Waals surface area contributed by atoms with E-state index in [2.05, 4.69) is 21.7 Å². The maximum atomic E-state index is 11.6. The summed E-state index contributed by atoms with van der Waals surface area (Å²) in [6.07, 6.45) is 2.09. The molecule has 0 aliphatic heterocycles. The Morgan fingerprint density at radius 3 is 1.78 bits per heavy atom. The van der Waals surface area contributed by atoms with Gasteiger partial charge in [-0.05, 0) is 53.9 Å². The van der Waals surface area contributed by atoms with E-state index in [4.69, 9.17) is 23.8 Å². The molecule has 0 heterocycles. The van der Waals surface area contributed by atoms with Gasteiger partial charge in [0.05, 0.1) is 29.9 Å². The van der Waals surface area contributed by atoms with Crippen molar-refractivity contribution in [2.45, 2.75) is 101 Å². The zero-order valence-corrected chi connectivity index (χ0v) is 30.9. The number of phosphoric ester groups is 1. The summed E-state index contributed by atoms with van der Waals surface area (Å²) in [6.45, 7) is 22.9. The van der Waals surface area contributed by atoms with Gasteiger partial charge in [0.25, 0.3) is 10.1 Å². The van der Waals surface area contributed by atoms with Crippen molar-refractivity contribution in [1.29, 1.82) is 0 Å². The molecule has 17 heteroatoms. The number of esters is 2. The van der Waals surface area contributed by atoms with Gasteiger partial charge in [0.2, 0.25) is 11.8 Å². The first-order valence-electron chi connectivity index (χ1n) is 14.8. The van der Waals surface area contributed by atoms with Gasteiger partial charge >= 0.3 is 19.8 Å². The van der Waals surface area contributed by atoms with Crippen LogP contribution in [0.15, 0.2) is 12.2 Å². The second kappa shape index (κ2) is 21.5. The first-order valence-corrected chi connectivity index (χ1v) is 18.0. The number of hydrogen-bond donors (Lipinski definition) is 5. The molecule has 0 saturated carbocycles. The van der Waals surface area contributed by atoms with Crippen LogP contribution in [0.25, 0.3) is 0 Å². The third-order valence-corrected chi connectivity index (χ3v) is 8.15. The minimum atomic E-state index is -4.46. The molecule has 0 fully saturated rings. The lowest BCUT2D eigenvalue weighted by atomic mass is 9.89. The van der Waals surface area contributed by atoms with E-state index in [-0.39, 0.29) is 43.0 Å². The van der Waals surface area contributed by atoms with E-state index in [9.17, 15) is 32.2 Å². The number of amides is 2. The molecular weight excluding hydrogens is 647 g/mol. The van der Waals surface area contributed by atoms with Gasteiger partial charge in [0, 0.05) is 16.9 Å². The Labute approximate surface area is 274 Å². The number of rotatable bonds is 17. The Morgan fingerprint density at radius 2 is 1.39 bits per heavy atom. The zero-order valence-electron chi connectivity index (χ0n) is 29.2. The van der Waals surface area contributed by atoms with Gasteiger partial charge in [-0.2, -0.15) is 8.42 Å². The van der Waals surface area contributed by atoms with E-state index >= 15 is 0 Å². The third kappa shape index (κ3) is 25.8. The molecular formula is C29H57N2O13PS. The van der Waals surface area contributed by atoms with Crippen molar-refractivity contribution in [3.63, 3.8) is 0 Å². The Morgan fingerprint density at radius 1 is 0.891 bits per heavy atom. The zero-order chi connectivity index (χ0) is 37.2. The predicted octanol–water partition coefficient (Wildman–Crippen LogP) is 3.55. The monoisotopic (exact) mass is 704 g/mol. The quantitative estimate of drug-likeness (QED) is 0.0480. The van der Waals surface area contributed by atoms with E-state index in [1.807, 2.05) is 34.6 Å². The highest BCUT2D eigenvalue weighted by atomic mass is 32.2. The second-order valence-corrected chi connectivity index (χ2v) is 15.2. The Balaban J connectivity index is -0.000000603. The van der Waals surface area contributed by atoms with Crippen LogP contribution in [0.1, 0.15) is 95.4 Å². The lowest BCUT2D eigenvalue weighted by Gasteiger charge is -2.26. The summed E-state index contributed by atoms with van der Waals surface area (Å²) < 4.78 is 54.0. The molecule has 272 valence electrons. The third-order valence-electron chi connectivity index (χ3n) is 6.55. The summed E-state index contributed by atoms with van der Waals surface area (Å²) in [5, 5.41) is 5.31. The van der Waals surface area contributed by atoms with Crippen molar-refractivity contribution in [1.82, 2.24) is 10.6 Å². The number of phosphoric acid groups is 1. The summed E-state index contributed by atoms with van der Waals surface area (Å²) in [5.41, 5.74) is -1.55. The fraction of sp³-hybridized carbons (Fsp3) is 0.793. The van der Waals surface area contributed by atoms with Crippen LogP contribution in [0, 0.1) is 16.7 Å². The fourth-order valence-corrected chi connectivity index (χ4v) is 3.89. The number of ether oxygens (including phenoxy) is 2. The summed E-state index contributed by atoms with van der Waals surface area (Å²) in [4.78, 5) is 62.1. The molecule has 2 amide bonds. The molecule has 46 heavy (non-hydrogen) atoms. The van der Waals surface area contributed by atoms with E-state index in [0.717, 1.165) is 6.42 Å². The molecule has 0 aromatic carbocycles. The molecule has 0 spiro atoms. The molecule has 1 atom stereocenters. The largest absolute Gasteiger partial charge is 0.469 e. The van der Waals surface area contributed by atoms with Gasteiger partial charge in [-0.3, -0.25) is 23.5 Å². The Hall–Kier alpha value is -2.36. The van der Waals surface area contributed by atoms with Crippen LogP contribution in [-0.2, 0) is 47.9 Å². The number of carbonyl (C=O) groups excluding carboxylic acids is 4. The van der Waals surface area contributed by atoms with Crippen LogP contribution < -0.4 is 10.6 Å². The van der Waals surface area contributed by atoms with Gasteiger partial charge in [-0.1, -0.05) is 48.1 Å². The average Bonchev–Trinajstić information content (AvgIpc) is 2.90. The van der Waals surface area contributed by atoms with Crippen molar-refractivity contribution < 1.29 is 60.5 Å². The van der Waals surface area contributed by atoms with Gasteiger partial charge in [0.1, 0.15) is 13.2 Å².